The Balaban J connectivity index is 0.00000100. The van der Waals surface area contributed by atoms with E-state index in [9.17, 15) is 15.0 Å². The number of fused-ring (bicyclic) bond motifs is 4. The first-order valence-electron chi connectivity index (χ1n) is 19.1. The molecule has 7 unspecified atom stereocenters. The Morgan fingerprint density at radius 3 is 2.34 bits per heavy atom. The van der Waals surface area contributed by atoms with E-state index in [2.05, 4.69) is 31.0 Å². The van der Waals surface area contributed by atoms with Gasteiger partial charge in [0.15, 0.2) is 0 Å². The summed E-state index contributed by atoms with van der Waals surface area (Å²) in [6.07, 6.45) is 10.5. The van der Waals surface area contributed by atoms with Crippen molar-refractivity contribution in [2.45, 2.75) is 143 Å². The fourth-order valence-electron chi connectivity index (χ4n) is 12.5. The lowest BCUT2D eigenvalue weighted by Crippen LogP contribution is -2.55. The van der Waals surface area contributed by atoms with Crippen LogP contribution in [0.15, 0.2) is 0 Å². The first kappa shape index (κ1) is 37.3. The van der Waals surface area contributed by atoms with Gasteiger partial charge in [0.25, 0.3) is 0 Å². The minimum absolute atomic E-state index is 0. The molecule has 2 heterocycles. The second-order valence-corrected chi connectivity index (χ2v) is 17.2. The Morgan fingerprint density at radius 1 is 0.979 bits per heavy atom. The topological polar surface area (TPSA) is 121 Å². The van der Waals surface area contributed by atoms with Gasteiger partial charge in [-0.25, -0.2) is 4.79 Å². The summed E-state index contributed by atoms with van der Waals surface area (Å²) in [5.74, 6) is 2.61. The molecule has 4 N–H and O–H groups in total. The molecule has 0 radical (unpaired) electrons. The zero-order valence-electron chi connectivity index (χ0n) is 30.9. The molecular formula is C38H70N2O7. The first-order chi connectivity index (χ1) is 22.3. The number of nitrogens with one attached hydrogen (secondary N) is 1. The molecule has 274 valence electrons. The summed E-state index contributed by atoms with van der Waals surface area (Å²) in [4.78, 5) is 15.2. The fourth-order valence-corrected chi connectivity index (χ4v) is 12.5. The number of morpholine rings is 1. The predicted octanol–water partition coefficient (Wildman–Crippen LogP) is 5.63. The third kappa shape index (κ3) is 6.30. The fraction of sp³-hybridized carbons (Fsp3) is 0.974. The molecule has 0 bridgehead atoms. The Morgan fingerprint density at radius 2 is 1.66 bits per heavy atom. The quantitative estimate of drug-likeness (QED) is 0.288. The van der Waals surface area contributed by atoms with Gasteiger partial charge in [-0.05, 0) is 118 Å². The molecule has 9 nitrogen and oxygen atoms in total. The van der Waals surface area contributed by atoms with Gasteiger partial charge in [-0.2, -0.15) is 0 Å². The monoisotopic (exact) mass is 667 g/mol. The van der Waals surface area contributed by atoms with E-state index >= 15 is 0 Å². The molecule has 47 heavy (non-hydrogen) atoms. The Bertz CT molecular complexity index is 1080. The van der Waals surface area contributed by atoms with E-state index in [0.29, 0.717) is 40.5 Å². The van der Waals surface area contributed by atoms with Crippen LogP contribution in [0.1, 0.15) is 114 Å². The molecule has 5 aliphatic carbocycles. The second-order valence-electron chi connectivity index (χ2n) is 17.2. The normalized spacial score (nSPS) is 43.9. The van der Waals surface area contributed by atoms with E-state index in [1.165, 1.54) is 38.5 Å². The summed E-state index contributed by atoms with van der Waals surface area (Å²) >= 11 is 0. The Labute approximate surface area is 286 Å². The highest BCUT2D eigenvalue weighted by Gasteiger charge is 2.81. The Kier molecular flexibility index (Phi) is 11.1. The van der Waals surface area contributed by atoms with Crippen molar-refractivity contribution < 1.29 is 35.8 Å². The van der Waals surface area contributed by atoms with Crippen molar-refractivity contribution in [1.82, 2.24) is 10.2 Å². The molecule has 7 fully saturated rings. The van der Waals surface area contributed by atoms with Crippen molar-refractivity contribution in [2.24, 2.45) is 45.3 Å². The van der Waals surface area contributed by atoms with Crippen molar-refractivity contribution >= 4 is 6.09 Å². The molecule has 0 aromatic heterocycles. The summed E-state index contributed by atoms with van der Waals surface area (Å²) in [7, 11) is 1.00. The molecule has 0 aromatic rings. The van der Waals surface area contributed by atoms with Crippen molar-refractivity contribution in [2.75, 3.05) is 46.5 Å². The lowest BCUT2D eigenvalue weighted by molar-refractivity contribution is -0.177. The number of carbonyl (C=O) groups is 1. The largest absolute Gasteiger partial charge is 0.446 e. The number of nitrogens with zero attached hydrogens (tertiary/aromatic N) is 1. The van der Waals surface area contributed by atoms with E-state index in [4.69, 9.17) is 19.3 Å². The number of carbonyl (C=O) groups excluding carboxylic acids is 1. The van der Waals surface area contributed by atoms with E-state index < -0.39 is 11.7 Å². The maximum Gasteiger partial charge on any atom is 0.407 e. The van der Waals surface area contributed by atoms with Crippen molar-refractivity contribution in [3.05, 3.63) is 0 Å². The summed E-state index contributed by atoms with van der Waals surface area (Å²) in [6.45, 7) is 19.6. The van der Waals surface area contributed by atoms with Crippen molar-refractivity contribution in [1.29, 1.82) is 0 Å². The smallest absolute Gasteiger partial charge is 0.407 e. The van der Waals surface area contributed by atoms with Gasteiger partial charge in [0.2, 0.25) is 0 Å². The summed E-state index contributed by atoms with van der Waals surface area (Å²) in [5.41, 5.74) is -0.00226. The van der Waals surface area contributed by atoms with Crippen LogP contribution in [-0.4, -0.2) is 103 Å². The van der Waals surface area contributed by atoms with Gasteiger partial charge in [0.05, 0.1) is 31.0 Å². The molecule has 11 atom stereocenters. The van der Waals surface area contributed by atoms with E-state index in [-0.39, 0.29) is 31.2 Å². The number of amides is 1. The summed E-state index contributed by atoms with van der Waals surface area (Å²) < 4.78 is 18.3. The van der Waals surface area contributed by atoms with Crippen molar-refractivity contribution in [3.8, 4) is 0 Å². The van der Waals surface area contributed by atoms with Crippen LogP contribution >= 0.6 is 0 Å². The molecule has 7 aliphatic rings. The zero-order chi connectivity index (χ0) is 34.4. The van der Waals surface area contributed by atoms with Crippen LogP contribution in [0.2, 0.25) is 0 Å². The van der Waals surface area contributed by atoms with Gasteiger partial charge in [-0.15, -0.1) is 0 Å². The zero-order valence-corrected chi connectivity index (χ0v) is 30.9. The molecule has 2 spiro atoms. The first-order valence-corrected chi connectivity index (χ1v) is 19.1. The predicted molar refractivity (Wildman–Crippen MR) is 185 cm³/mol. The highest BCUT2D eigenvalue weighted by molar-refractivity contribution is 5.67. The number of aliphatic hydroxyl groups excluding tert-OH is 2. The van der Waals surface area contributed by atoms with Gasteiger partial charge in [0, 0.05) is 40.1 Å². The number of alkyl carbamates (subject to hydrolysis) is 1. The average Bonchev–Trinajstić information content (AvgIpc) is 3.63. The molecule has 2 saturated heterocycles. The van der Waals surface area contributed by atoms with E-state index in [1.54, 1.807) is 13.8 Å². The summed E-state index contributed by atoms with van der Waals surface area (Å²) in [5, 5.41) is 31.3. The third-order valence-electron chi connectivity index (χ3n) is 14.7. The molecule has 9 heteroatoms. The molecule has 2 aliphatic heterocycles. The molecular weight excluding hydrogens is 596 g/mol. The Hall–Kier alpha value is -0.970. The standard InChI is InChI=1S/C35H58N2O6.C2H6.CH4O.H2/c1-31(2)27-9-7-22-24-20-26-23(6-8-25(42-26)29(38)32(3,4)40)33(24,5)12-13-34(22)21-35(27,34)11-10-28(31)43-30(39)36-14-15-37-16-18-41-19-17-37;2*1-2;/h22-29,38,40H,6-21H2,1-5H3,(H,36,39);1-2H3;2H,1H3;1H/t22?,23?,24?,25?,26?,27?,28-,29-,33?,34-,35+;;;/m0.../s1. The van der Waals surface area contributed by atoms with Crippen LogP contribution in [-0.2, 0) is 14.2 Å². The van der Waals surface area contributed by atoms with Crippen LogP contribution in [0, 0.1) is 45.3 Å². The maximum atomic E-state index is 12.9. The minimum Gasteiger partial charge on any atom is -0.446 e. The van der Waals surface area contributed by atoms with Crippen LogP contribution in [0.3, 0.4) is 0 Å². The van der Waals surface area contributed by atoms with Crippen molar-refractivity contribution in [3.63, 3.8) is 0 Å². The van der Waals surface area contributed by atoms with Crippen LogP contribution in [0.5, 0.6) is 0 Å². The van der Waals surface area contributed by atoms with Crippen LogP contribution in [0.25, 0.3) is 0 Å². The van der Waals surface area contributed by atoms with E-state index in [0.717, 1.165) is 71.6 Å². The number of aliphatic hydroxyl groups is 3. The molecule has 1 amide bonds. The lowest BCUT2D eigenvalue weighted by atomic mass is 9.46. The van der Waals surface area contributed by atoms with Gasteiger partial charge in [0.1, 0.15) is 12.2 Å². The number of ether oxygens (including phenoxy) is 3. The van der Waals surface area contributed by atoms with Gasteiger partial charge in [-0.3, -0.25) is 4.90 Å². The lowest BCUT2D eigenvalue weighted by Gasteiger charge is -2.59. The van der Waals surface area contributed by atoms with Gasteiger partial charge >= 0.3 is 6.09 Å². The summed E-state index contributed by atoms with van der Waals surface area (Å²) in [6, 6.07) is 0. The highest BCUT2D eigenvalue weighted by Crippen LogP contribution is 2.87. The number of hydrogen-bond donors (Lipinski definition) is 4. The van der Waals surface area contributed by atoms with Crippen LogP contribution < -0.4 is 5.32 Å². The molecule has 0 aromatic carbocycles. The SMILES string of the molecule is CC.CC12CC[C@@]34C[C@@]35CC[C@H](OC(=O)NCCN3CCOCC3)C(C)(C)C5CCC4C1CC1OC([C@H](O)C(C)(C)O)CCC12.CO.[HH]. The average molecular weight is 667 g/mol. The van der Waals surface area contributed by atoms with Gasteiger partial charge in [-0.1, -0.05) is 34.6 Å². The number of rotatable bonds is 6. The third-order valence-corrected chi connectivity index (χ3v) is 14.7. The van der Waals surface area contributed by atoms with E-state index in [1.807, 2.05) is 13.8 Å². The minimum atomic E-state index is -1.14. The molecule has 5 saturated carbocycles. The number of hydrogen-bond acceptors (Lipinski definition) is 8. The highest BCUT2D eigenvalue weighted by atomic mass is 16.6. The van der Waals surface area contributed by atoms with Crippen LogP contribution in [0.4, 0.5) is 4.79 Å². The maximum absolute atomic E-state index is 12.9. The van der Waals surface area contributed by atoms with Gasteiger partial charge < -0.3 is 34.8 Å². The second kappa shape index (κ2) is 14.0. The molecule has 7 rings (SSSR count).